The number of nitrogens with zero attached hydrogens (tertiary/aromatic N) is 3. The summed E-state index contributed by atoms with van der Waals surface area (Å²) >= 11 is 0. The first-order valence-electron chi connectivity index (χ1n) is 6.05. The maximum absolute atomic E-state index is 13.5. The van der Waals surface area contributed by atoms with Gasteiger partial charge in [0, 0.05) is 0 Å². The minimum Gasteiger partial charge on any atom is -0.396 e. The number of anilines is 1. The van der Waals surface area contributed by atoms with Gasteiger partial charge in [-0.25, -0.2) is 17.5 Å². The highest BCUT2D eigenvalue weighted by Crippen LogP contribution is 2.28. The molecule has 0 saturated heterocycles. The van der Waals surface area contributed by atoms with Gasteiger partial charge in [-0.15, -0.1) is 10.2 Å². The number of halogens is 1. The molecule has 0 saturated carbocycles. The molecule has 21 heavy (non-hydrogen) atoms. The molecule has 2 aromatic rings. The molecule has 0 fully saturated rings. The first-order chi connectivity index (χ1) is 9.74. The predicted octanol–water partition coefficient (Wildman–Crippen LogP) is 0.577. The van der Waals surface area contributed by atoms with Crippen LogP contribution >= 0.6 is 0 Å². The molecule has 1 aromatic carbocycles. The fourth-order valence-electron chi connectivity index (χ4n) is 2.04. The number of nitrogens with one attached hydrogen (secondary N) is 2. The van der Waals surface area contributed by atoms with Crippen molar-refractivity contribution in [2.24, 2.45) is 0 Å². The number of aryl methyl sites for hydroxylation is 1. The average molecular weight is 314 g/mol. The van der Waals surface area contributed by atoms with E-state index in [1.54, 1.807) is 6.92 Å². The Morgan fingerprint density at radius 2 is 2.10 bits per heavy atom. The first kappa shape index (κ1) is 15.3. The Hall–Kier alpha value is -2.07. The zero-order valence-electron chi connectivity index (χ0n) is 11.7. The van der Waals surface area contributed by atoms with Gasteiger partial charge in [0.1, 0.15) is 5.82 Å². The van der Waals surface area contributed by atoms with Crippen LogP contribution in [0.25, 0.3) is 0 Å². The molecule has 0 aliphatic rings. The number of nitrogen functional groups attached to an aromatic ring is 1. The van der Waals surface area contributed by atoms with Crippen LogP contribution < -0.4 is 10.5 Å². The molecule has 0 radical (unpaired) electrons. The van der Waals surface area contributed by atoms with Crippen LogP contribution in [0.15, 0.2) is 11.0 Å². The van der Waals surface area contributed by atoms with E-state index in [4.69, 9.17) is 5.73 Å². The lowest BCUT2D eigenvalue weighted by atomic mass is 10.1. The van der Waals surface area contributed by atoms with Gasteiger partial charge >= 0.3 is 0 Å². The molecular weight excluding hydrogens is 299 g/mol. The third-order valence-electron chi connectivity index (χ3n) is 3.05. The Kier molecular flexibility index (Phi) is 3.92. The molecule has 8 nitrogen and oxygen atoms in total. The fraction of sp³-hybridized carbons (Fsp3) is 0.364. The number of benzene rings is 1. The minimum absolute atomic E-state index is 0.0447. The third-order valence-corrected chi connectivity index (χ3v) is 4.88. The van der Waals surface area contributed by atoms with Crippen LogP contribution in [0.4, 0.5) is 10.1 Å². The Morgan fingerprint density at radius 3 is 2.67 bits per heavy atom. The molecule has 114 valence electrons. The Balaban J connectivity index is 2.43. The number of aromatic nitrogens is 4. The van der Waals surface area contributed by atoms with Gasteiger partial charge in [-0.3, -0.25) is 0 Å². The lowest BCUT2D eigenvalue weighted by molar-refractivity contribution is 0.558. The molecule has 10 heteroatoms. The highest BCUT2D eigenvalue weighted by molar-refractivity contribution is 7.89. The quantitative estimate of drug-likeness (QED) is 0.708. The number of tetrazole rings is 1. The van der Waals surface area contributed by atoms with Crippen molar-refractivity contribution in [1.29, 1.82) is 0 Å². The number of sulfonamides is 1. The number of rotatable bonds is 4. The van der Waals surface area contributed by atoms with Gasteiger partial charge in [0.25, 0.3) is 0 Å². The zero-order valence-corrected chi connectivity index (χ0v) is 12.5. The predicted molar refractivity (Wildman–Crippen MR) is 73.2 cm³/mol. The van der Waals surface area contributed by atoms with E-state index in [9.17, 15) is 12.8 Å². The largest absolute Gasteiger partial charge is 0.396 e. The molecule has 0 amide bonds. The maximum atomic E-state index is 13.5. The second kappa shape index (κ2) is 5.37. The van der Waals surface area contributed by atoms with Crippen molar-refractivity contribution < 1.29 is 12.8 Å². The van der Waals surface area contributed by atoms with E-state index >= 15 is 0 Å². The van der Waals surface area contributed by atoms with Gasteiger partial charge in [-0.1, -0.05) is 5.21 Å². The summed E-state index contributed by atoms with van der Waals surface area (Å²) in [6, 6.07) is 0.398. The van der Waals surface area contributed by atoms with E-state index in [1.165, 1.54) is 13.8 Å². The second-order valence-corrected chi connectivity index (χ2v) is 6.31. The number of hydrogen-bond donors (Lipinski definition) is 3. The van der Waals surface area contributed by atoms with Crippen LogP contribution in [0, 0.1) is 19.7 Å². The Morgan fingerprint density at radius 1 is 1.43 bits per heavy atom. The number of nitrogens with two attached hydrogens (primary N) is 1. The lowest BCUT2D eigenvalue weighted by Gasteiger charge is -2.16. The molecule has 1 heterocycles. The molecule has 4 N–H and O–H groups in total. The van der Waals surface area contributed by atoms with E-state index in [1.807, 2.05) is 0 Å². The summed E-state index contributed by atoms with van der Waals surface area (Å²) in [6.07, 6.45) is 0. The normalized spacial score (nSPS) is 13.3. The van der Waals surface area contributed by atoms with E-state index in [2.05, 4.69) is 25.3 Å². The first-order valence-corrected chi connectivity index (χ1v) is 7.53. The van der Waals surface area contributed by atoms with Crippen LogP contribution in [0.5, 0.6) is 0 Å². The van der Waals surface area contributed by atoms with Crippen LogP contribution in [-0.4, -0.2) is 29.0 Å². The van der Waals surface area contributed by atoms with E-state index in [0.29, 0.717) is 0 Å². The molecule has 2 rings (SSSR count). The summed E-state index contributed by atoms with van der Waals surface area (Å²) in [7, 11) is -3.90. The van der Waals surface area contributed by atoms with Crippen molar-refractivity contribution in [3.05, 3.63) is 28.8 Å². The van der Waals surface area contributed by atoms with Gasteiger partial charge in [0.05, 0.1) is 16.6 Å². The highest BCUT2D eigenvalue weighted by atomic mass is 32.2. The number of hydrogen-bond acceptors (Lipinski definition) is 6. The number of aromatic amines is 1. The SMILES string of the molecule is Cc1cc(F)c(N)c(C)c1S(=O)(=O)NC(C)c1nn[nH]n1. The monoisotopic (exact) mass is 314 g/mol. The zero-order chi connectivity index (χ0) is 15.8. The van der Waals surface area contributed by atoms with Crippen molar-refractivity contribution in [2.45, 2.75) is 31.7 Å². The van der Waals surface area contributed by atoms with Crippen LogP contribution in [0.3, 0.4) is 0 Å². The average Bonchev–Trinajstić information content (AvgIpc) is 2.89. The number of H-pyrrole nitrogens is 1. The van der Waals surface area contributed by atoms with E-state index < -0.39 is 21.9 Å². The lowest BCUT2D eigenvalue weighted by Crippen LogP contribution is -2.29. The van der Waals surface area contributed by atoms with Crippen molar-refractivity contribution in [3.63, 3.8) is 0 Å². The van der Waals surface area contributed by atoms with Crippen molar-refractivity contribution in [1.82, 2.24) is 25.3 Å². The van der Waals surface area contributed by atoms with Crippen LogP contribution in [-0.2, 0) is 10.0 Å². The summed E-state index contributed by atoms with van der Waals surface area (Å²) < 4.78 is 40.9. The van der Waals surface area contributed by atoms with Crippen LogP contribution in [0.2, 0.25) is 0 Å². The molecule has 1 aromatic heterocycles. The smallest absolute Gasteiger partial charge is 0.241 e. The summed E-state index contributed by atoms with van der Waals surface area (Å²) in [5.74, 6) is -0.445. The standard InChI is InChI=1S/C11H15FN6O2S/c1-5-4-8(12)9(13)6(2)10(5)21(19,20)16-7(3)11-14-17-18-15-11/h4,7,16H,13H2,1-3H3,(H,14,15,17,18). The molecular formula is C11H15FN6O2S. The summed E-state index contributed by atoms with van der Waals surface area (Å²) in [5.41, 5.74) is 5.82. The third kappa shape index (κ3) is 2.85. The van der Waals surface area contributed by atoms with Gasteiger partial charge in [0.2, 0.25) is 10.0 Å². The molecule has 1 atom stereocenters. The second-order valence-electron chi connectivity index (χ2n) is 4.66. The summed E-state index contributed by atoms with van der Waals surface area (Å²) in [6.45, 7) is 4.53. The van der Waals surface area contributed by atoms with Crippen LogP contribution in [0.1, 0.15) is 29.9 Å². The maximum Gasteiger partial charge on any atom is 0.241 e. The fourth-order valence-corrected chi connectivity index (χ4v) is 3.73. The summed E-state index contributed by atoms with van der Waals surface area (Å²) in [4.78, 5) is -0.0447. The minimum atomic E-state index is -3.90. The molecule has 0 spiro atoms. The van der Waals surface area contributed by atoms with E-state index in [-0.39, 0.29) is 27.5 Å². The molecule has 0 bridgehead atoms. The molecule has 0 aliphatic carbocycles. The van der Waals surface area contributed by atoms with Gasteiger partial charge in [0.15, 0.2) is 5.82 Å². The topological polar surface area (TPSA) is 127 Å². The van der Waals surface area contributed by atoms with Gasteiger partial charge in [-0.2, -0.15) is 5.21 Å². The van der Waals surface area contributed by atoms with Gasteiger partial charge in [-0.05, 0) is 38.0 Å². The van der Waals surface area contributed by atoms with Crippen molar-refractivity contribution in [3.8, 4) is 0 Å². The Labute approximate surface area is 121 Å². The molecule has 1 unspecified atom stereocenters. The highest BCUT2D eigenvalue weighted by Gasteiger charge is 2.26. The van der Waals surface area contributed by atoms with Crippen molar-refractivity contribution in [2.75, 3.05) is 5.73 Å². The van der Waals surface area contributed by atoms with Gasteiger partial charge < -0.3 is 5.73 Å². The van der Waals surface area contributed by atoms with E-state index in [0.717, 1.165) is 6.07 Å². The Bertz CT molecular complexity index is 760. The summed E-state index contributed by atoms with van der Waals surface area (Å²) in [5, 5.41) is 13.0. The molecule has 0 aliphatic heterocycles. The van der Waals surface area contributed by atoms with Crippen molar-refractivity contribution >= 4 is 15.7 Å².